The molecule has 1 aromatic heterocycles. The molecule has 0 N–H and O–H groups in total. The van der Waals surface area contributed by atoms with Crippen molar-refractivity contribution in [1.82, 2.24) is 4.98 Å². The smallest absolute Gasteiger partial charge is 0.287 e. The molecule has 1 fully saturated rings. The number of rotatable bonds is 6. The Labute approximate surface area is 173 Å². The summed E-state index contributed by atoms with van der Waals surface area (Å²) in [4.78, 5) is 20.9. The van der Waals surface area contributed by atoms with Gasteiger partial charge in [0, 0.05) is 37.1 Å². The minimum Gasteiger partial charge on any atom is -0.439 e. The van der Waals surface area contributed by atoms with Crippen LogP contribution in [-0.4, -0.2) is 42.4 Å². The molecule has 2 aromatic carbocycles. The summed E-state index contributed by atoms with van der Waals surface area (Å²) in [7, 11) is 0. The van der Waals surface area contributed by atoms with Gasteiger partial charge in [0.25, 0.3) is 5.69 Å². The van der Waals surface area contributed by atoms with Gasteiger partial charge in [0.2, 0.25) is 5.88 Å². The van der Waals surface area contributed by atoms with Gasteiger partial charge in [0.1, 0.15) is 11.9 Å². The van der Waals surface area contributed by atoms with Crippen LogP contribution in [0.1, 0.15) is 5.56 Å². The van der Waals surface area contributed by atoms with Gasteiger partial charge in [-0.05, 0) is 54.1 Å². The van der Waals surface area contributed by atoms with Gasteiger partial charge in [-0.1, -0.05) is 0 Å². The van der Waals surface area contributed by atoms with Gasteiger partial charge in [-0.25, -0.2) is 4.98 Å². The molecule has 1 saturated heterocycles. The molecule has 1 aliphatic heterocycles. The Morgan fingerprint density at radius 2 is 1.77 bits per heavy atom. The Kier molecular flexibility index (Phi) is 5.95. The third kappa shape index (κ3) is 4.98. The highest BCUT2D eigenvalue weighted by Crippen LogP contribution is 2.23. The Morgan fingerprint density at radius 3 is 2.40 bits per heavy atom. The molecule has 0 saturated carbocycles. The predicted molar refractivity (Wildman–Crippen MR) is 114 cm³/mol. The average Bonchev–Trinajstić information content (AvgIpc) is 2.80. The molecular weight excluding hydrogens is 384 g/mol. The minimum absolute atomic E-state index is 0.0770. The number of nitro groups is 1. The van der Waals surface area contributed by atoms with Crippen molar-refractivity contribution in [2.45, 2.75) is 0 Å². The Bertz CT molecular complexity index is 1010. The van der Waals surface area contributed by atoms with Crippen LogP contribution in [0.15, 0.2) is 71.9 Å². The zero-order chi connectivity index (χ0) is 20.8. The molecule has 0 amide bonds. The lowest BCUT2D eigenvalue weighted by Gasteiger charge is -2.28. The topological polar surface area (TPSA) is 90.1 Å². The van der Waals surface area contributed by atoms with E-state index in [0.29, 0.717) is 11.6 Å². The fraction of sp³-hybridized carbons (Fsp3) is 0.182. The fourth-order valence-electron chi connectivity index (χ4n) is 3.00. The van der Waals surface area contributed by atoms with Crippen LogP contribution in [0.25, 0.3) is 0 Å². The predicted octanol–water partition coefficient (Wildman–Crippen LogP) is 4.37. The van der Waals surface area contributed by atoms with Gasteiger partial charge >= 0.3 is 0 Å². The van der Waals surface area contributed by atoms with E-state index in [1.807, 2.05) is 24.3 Å². The van der Waals surface area contributed by atoms with Crippen LogP contribution in [0.5, 0.6) is 11.6 Å². The maximum atomic E-state index is 10.7. The lowest BCUT2D eigenvalue weighted by atomic mass is 10.2. The number of hydrogen-bond acceptors (Lipinski definition) is 7. The first-order valence-corrected chi connectivity index (χ1v) is 9.52. The van der Waals surface area contributed by atoms with Crippen molar-refractivity contribution in [3.63, 3.8) is 0 Å². The second-order valence-corrected chi connectivity index (χ2v) is 6.66. The number of hydrogen-bond donors (Lipinski definition) is 0. The van der Waals surface area contributed by atoms with Crippen LogP contribution in [0, 0.1) is 10.1 Å². The number of benzene rings is 2. The molecule has 0 unspecified atom stereocenters. The summed E-state index contributed by atoms with van der Waals surface area (Å²) in [5, 5.41) is 10.7. The van der Waals surface area contributed by atoms with Gasteiger partial charge in [0.15, 0.2) is 0 Å². The summed E-state index contributed by atoms with van der Waals surface area (Å²) in [5.41, 5.74) is 2.91. The SMILES string of the molecule is O=[N+]([O-])c1ccc(Oc2ccc(C=Nc3ccc(N4CCOCC4)cc3)cc2)nc1. The summed E-state index contributed by atoms with van der Waals surface area (Å²) in [6.07, 6.45) is 2.96. The molecule has 0 spiro atoms. The first-order chi connectivity index (χ1) is 14.7. The van der Waals surface area contributed by atoms with Gasteiger partial charge in [0.05, 0.1) is 23.8 Å². The zero-order valence-corrected chi connectivity index (χ0v) is 16.2. The van der Waals surface area contributed by atoms with Crippen LogP contribution >= 0.6 is 0 Å². The van der Waals surface area contributed by atoms with Crippen LogP contribution < -0.4 is 9.64 Å². The molecule has 0 bridgehead atoms. The average molecular weight is 404 g/mol. The number of aromatic nitrogens is 1. The summed E-state index contributed by atoms with van der Waals surface area (Å²) in [6, 6.07) is 18.3. The van der Waals surface area contributed by atoms with Crippen molar-refractivity contribution in [3.05, 3.63) is 82.5 Å². The highest BCUT2D eigenvalue weighted by atomic mass is 16.6. The van der Waals surface area contributed by atoms with Gasteiger partial charge in [-0.15, -0.1) is 0 Å². The number of ether oxygens (including phenoxy) is 2. The molecule has 8 heteroatoms. The molecule has 8 nitrogen and oxygen atoms in total. The number of anilines is 1. The maximum absolute atomic E-state index is 10.7. The van der Waals surface area contributed by atoms with Crippen LogP contribution in [-0.2, 0) is 4.74 Å². The molecule has 152 valence electrons. The third-order valence-electron chi connectivity index (χ3n) is 4.62. The van der Waals surface area contributed by atoms with E-state index in [1.54, 1.807) is 18.3 Å². The van der Waals surface area contributed by atoms with Crippen LogP contribution in [0.3, 0.4) is 0 Å². The van der Waals surface area contributed by atoms with E-state index in [9.17, 15) is 10.1 Å². The highest BCUT2D eigenvalue weighted by Gasteiger charge is 2.10. The second-order valence-electron chi connectivity index (χ2n) is 6.66. The summed E-state index contributed by atoms with van der Waals surface area (Å²) in [5.74, 6) is 0.880. The van der Waals surface area contributed by atoms with E-state index in [4.69, 9.17) is 9.47 Å². The number of morpholine rings is 1. The van der Waals surface area contributed by atoms with E-state index in [1.165, 1.54) is 24.0 Å². The van der Waals surface area contributed by atoms with Crippen molar-refractivity contribution < 1.29 is 14.4 Å². The van der Waals surface area contributed by atoms with E-state index in [2.05, 4.69) is 27.0 Å². The first kappa shape index (κ1) is 19.5. The Hall–Kier alpha value is -3.78. The maximum Gasteiger partial charge on any atom is 0.287 e. The van der Waals surface area contributed by atoms with Crippen molar-refractivity contribution in [1.29, 1.82) is 0 Å². The third-order valence-corrected chi connectivity index (χ3v) is 4.62. The van der Waals surface area contributed by atoms with Gasteiger partial charge in [-0.3, -0.25) is 15.1 Å². The van der Waals surface area contributed by atoms with Crippen molar-refractivity contribution in [2.24, 2.45) is 4.99 Å². The molecule has 0 radical (unpaired) electrons. The standard InChI is InChI=1S/C22H20N4O4/c27-26(28)20-7-10-22(24-16-20)30-21-8-1-17(2-9-21)15-23-18-3-5-19(6-4-18)25-11-13-29-14-12-25/h1-10,15-16H,11-14H2. The first-order valence-electron chi connectivity index (χ1n) is 9.52. The van der Waals surface area contributed by atoms with Crippen molar-refractivity contribution in [3.8, 4) is 11.6 Å². The van der Waals surface area contributed by atoms with E-state index < -0.39 is 4.92 Å². The molecule has 2 heterocycles. The minimum atomic E-state index is -0.499. The summed E-state index contributed by atoms with van der Waals surface area (Å²) in [6.45, 7) is 3.35. The van der Waals surface area contributed by atoms with Crippen LogP contribution in [0.4, 0.5) is 17.1 Å². The fourth-order valence-corrected chi connectivity index (χ4v) is 3.00. The zero-order valence-electron chi connectivity index (χ0n) is 16.2. The molecule has 30 heavy (non-hydrogen) atoms. The molecule has 3 aromatic rings. The van der Waals surface area contributed by atoms with E-state index in [0.717, 1.165) is 37.6 Å². The monoisotopic (exact) mass is 404 g/mol. The van der Waals surface area contributed by atoms with Crippen LogP contribution in [0.2, 0.25) is 0 Å². The van der Waals surface area contributed by atoms with E-state index >= 15 is 0 Å². The molecular formula is C22H20N4O4. The largest absolute Gasteiger partial charge is 0.439 e. The number of nitrogens with zero attached hydrogens (tertiary/aromatic N) is 4. The molecule has 1 aliphatic rings. The van der Waals surface area contributed by atoms with E-state index in [-0.39, 0.29) is 5.69 Å². The molecule has 0 atom stereocenters. The second kappa shape index (κ2) is 9.15. The lowest BCUT2D eigenvalue weighted by molar-refractivity contribution is -0.385. The van der Waals surface area contributed by atoms with Crippen molar-refractivity contribution in [2.75, 3.05) is 31.2 Å². The number of aliphatic imine (C=N–C) groups is 1. The molecule has 0 aliphatic carbocycles. The highest BCUT2D eigenvalue weighted by molar-refractivity contribution is 5.82. The Balaban J connectivity index is 1.35. The summed E-state index contributed by atoms with van der Waals surface area (Å²) < 4.78 is 11.0. The quantitative estimate of drug-likeness (QED) is 0.344. The van der Waals surface area contributed by atoms with Crippen molar-refractivity contribution >= 4 is 23.3 Å². The summed E-state index contributed by atoms with van der Waals surface area (Å²) >= 11 is 0. The molecule has 4 rings (SSSR count). The van der Waals surface area contributed by atoms with Gasteiger partial charge < -0.3 is 14.4 Å². The van der Waals surface area contributed by atoms with Gasteiger partial charge in [-0.2, -0.15) is 0 Å². The lowest BCUT2D eigenvalue weighted by Crippen LogP contribution is -2.36. The Morgan fingerprint density at radius 1 is 1.03 bits per heavy atom. The normalized spacial score (nSPS) is 14.1. The number of pyridine rings is 1.